The standard InChI is InChI=1S/C17H20N2O2/c1-3-15(12-14-7-5-4-6-8-14)17(20)18-10-9-16-11-13(2)21-19-16/h4-8,11-12H,3,9-10H2,1-2H3,(H,18,20)/b15-12+. The van der Waals surface area contributed by atoms with Gasteiger partial charge >= 0.3 is 0 Å². The largest absolute Gasteiger partial charge is 0.361 e. The van der Waals surface area contributed by atoms with Gasteiger partial charge in [0.15, 0.2) is 0 Å². The lowest BCUT2D eigenvalue weighted by Crippen LogP contribution is -2.27. The molecule has 110 valence electrons. The highest BCUT2D eigenvalue weighted by Gasteiger charge is 2.07. The van der Waals surface area contributed by atoms with E-state index < -0.39 is 0 Å². The summed E-state index contributed by atoms with van der Waals surface area (Å²) in [6.07, 6.45) is 3.30. The second-order valence-corrected chi connectivity index (χ2v) is 4.87. The SMILES string of the molecule is CC/C(=C\c1ccccc1)C(=O)NCCc1cc(C)on1. The van der Waals surface area contributed by atoms with E-state index in [1.54, 1.807) is 0 Å². The van der Waals surface area contributed by atoms with Gasteiger partial charge in [-0.3, -0.25) is 4.79 Å². The highest BCUT2D eigenvalue weighted by Crippen LogP contribution is 2.10. The van der Waals surface area contributed by atoms with E-state index in [9.17, 15) is 4.79 Å². The first-order valence-corrected chi connectivity index (χ1v) is 7.15. The normalized spacial score (nSPS) is 11.4. The van der Waals surface area contributed by atoms with Crippen LogP contribution in [0.25, 0.3) is 6.08 Å². The number of rotatable bonds is 6. The van der Waals surface area contributed by atoms with Gasteiger partial charge in [-0.25, -0.2) is 0 Å². The molecular weight excluding hydrogens is 264 g/mol. The third-order valence-electron chi connectivity index (χ3n) is 3.16. The lowest BCUT2D eigenvalue weighted by Gasteiger charge is -2.06. The van der Waals surface area contributed by atoms with Gasteiger partial charge < -0.3 is 9.84 Å². The van der Waals surface area contributed by atoms with Gasteiger partial charge in [-0.05, 0) is 25.0 Å². The summed E-state index contributed by atoms with van der Waals surface area (Å²) in [7, 11) is 0. The number of carbonyl (C=O) groups excluding carboxylic acids is 1. The number of amides is 1. The van der Waals surface area contributed by atoms with Crippen molar-refractivity contribution >= 4 is 12.0 Å². The molecule has 0 fully saturated rings. The molecule has 1 aromatic heterocycles. The molecule has 0 bridgehead atoms. The molecule has 0 aliphatic carbocycles. The summed E-state index contributed by atoms with van der Waals surface area (Å²) in [4.78, 5) is 12.2. The predicted octanol–water partition coefficient (Wildman–Crippen LogP) is 3.14. The minimum Gasteiger partial charge on any atom is -0.361 e. The third-order valence-corrected chi connectivity index (χ3v) is 3.16. The highest BCUT2D eigenvalue weighted by molar-refractivity contribution is 5.97. The van der Waals surface area contributed by atoms with Crippen LogP contribution in [-0.4, -0.2) is 17.6 Å². The first-order chi connectivity index (χ1) is 10.2. The van der Waals surface area contributed by atoms with Gasteiger partial charge in [0.1, 0.15) is 5.76 Å². The Labute approximate surface area is 124 Å². The molecule has 0 saturated carbocycles. The average molecular weight is 284 g/mol. The van der Waals surface area contributed by atoms with Crippen molar-refractivity contribution in [3.05, 3.63) is 59.0 Å². The molecule has 0 aliphatic rings. The maximum atomic E-state index is 12.2. The molecule has 0 unspecified atom stereocenters. The summed E-state index contributed by atoms with van der Waals surface area (Å²) in [5.41, 5.74) is 2.67. The minimum absolute atomic E-state index is 0.0263. The first kappa shape index (κ1) is 15.0. The fraction of sp³-hybridized carbons (Fsp3) is 0.294. The Kier molecular flexibility index (Phi) is 5.32. The Balaban J connectivity index is 1.90. The van der Waals surface area contributed by atoms with Crippen molar-refractivity contribution in [2.24, 2.45) is 0 Å². The molecule has 1 N–H and O–H groups in total. The summed E-state index contributed by atoms with van der Waals surface area (Å²) >= 11 is 0. The van der Waals surface area contributed by atoms with Gasteiger partial charge in [0, 0.05) is 24.6 Å². The molecule has 0 spiro atoms. The smallest absolute Gasteiger partial charge is 0.247 e. The van der Waals surface area contributed by atoms with Crippen LogP contribution in [0.15, 0.2) is 46.5 Å². The van der Waals surface area contributed by atoms with Crippen LogP contribution < -0.4 is 5.32 Å². The number of hydrogen-bond donors (Lipinski definition) is 1. The zero-order valence-corrected chi connectivity index (χ0v) is 12.4. The Morgan fingerprint density at radius 1 is 1.33 bits per heavy atom. The van der Waals surface area contributed by atoms with Gasteiger partial charge in [0.2, 0.25) is 5.91 Å². The fourth-order valence-corrected chi connectivity index (χ4v) is 2.03. The number of aromatic nitrogens is 1. The van der Waals surface area contributed by atoms with Crippen molar-refractivity contribution in [3.8, 4) is 0 Å². The maximum absolute atomic E-state index is 12.2. The molecule has 1 aromatic carbocycles. The Morgan fingerprint density at radius 2 is 2.10 bits per heavy atom. The van der Waals surface area contributed by atoms with E-state index >= 15 is 0 Å². The van der Waals surface area contributed by atoms with Gasteiger partial charge in [-0.15, -0.1) is 0 Å². The van der Waals surface area contributed by atoms with Crippen LogP contribution in [0.1, 0.15) is 30.4 Å². The molecular formula is C17H20N2O2. The van der Waals surface area contributed by atoms with E-state index in [1.165, 1.54) is 0 Å². The molecule has 4 nitrogen and oxygen atoms in total. The van der Waals surface area contributed by atoms with E-state index in [4.69, 9.17) is 4.52 Å². The van der Waals surface area contributed by atoms with E-state index in [1.807, 2.05) is 56.3 Å². The molecule has 1 heterocycles. The van der Waals surface area contributed by atoms with Crippen LogP contribution in [-0.2, 0) is 11.2 Å². The van der Waals surface area contributed by atoms with Crippen molar-refractivity contribution in [1.82, 2.24) is 10.5 Å². The van der Waals surface area contributed by atoms with E-state index in [-0.39, 0.29) is 5.91 Å². The fourth-order valence-electron chi connectivity index (χ4n) is 2.03. The molecule has 21 heavy (non-hydrogen) atoms. The van der Waals surface area contributed by atoms with E-state index in [0.29, 0.717) is 19.4 Å². The lowest BCUT2D eigenvalue weighted by molar-refractivity contribution is -0.117. The van der Waals surface area contributed by atoms with Crippen LogP contribution in [0.4, 0.5) is 0 Å². The minimum atomic E-state index is -0.0263. The molecule has 0 atom stereocenters. The molecule has 1 amide bonds. The summed E-state index contributed by atoms with van der Waals surface area (Å²) < 4.78 is 5.00. The van der Waals surface area contributed by atoms with Crippen molar-refractivity contribution in [1.29, 1.82) is 0 Å². The van der Waals surface area contributed by atoms with Crippen LogP contribution in [0, 0.1) is 6.92 Å². The molecule has 2 aromatic rings. The molecule has 0 saturated heterocycles. The summed E-state index contributed by atoms with van der Waals surface area (Å²) in [6, 6.07) is 11.7. The summed E-state index contributed by atoms with van der Waals surface area (Å²) in [6.45, 7) is 4.39. The third kappa shape index (κ3) is 4.60. The number of benzene rings is 1. The summed E-state index contributed by atoms with van der Waals surface area (Å²) in [5.74, 6) is 0.760. The zero-order valence-electron chi connectivity index (χ0n) is 12.4. The van der Waals surface area contributed by atoms with Gasteiger partial charge in [0.25, 0.3) is 0 Å². The number of aryl methyl sites for hydroxylation is 1. The van der Waals surface area contributed by atoms with Gasteiger partial charge in [0.05, 0.1) is 5.69 Å². The van der Waals surface area contributed by atoms with Crippen molar-refractivity contribution in [2.75, 3.05) is 6.54 Å². The zero-order chi connectivity index (χ0) is 15.1. The quantitative estimate of drug-likeness (QED) is 0.829. The number of carbonyl (C=O) groups is 1. The Bertz CT molecular complexity index is 615. The highest BCUT2D eigenvalue weighted by atomic mass is 16.5. The maximum Gasteiger partial charge on any atom is 0.247 e. The van der Waals surface area contributed by atoms with Gasteiger partial charge in [-0.1, -0.05) is 42.4 Å². The van der Waals surface area contributed by atoms with Crippen molar-refractivity contribution in [3.63, 3.8) is 0 Å². The Hall–Kier alpha value is -2.36. The number of hydrogen-bond acceptors (Lipinski definition) is 3. The first-order valence-electron chi connectivity index (χ1n) is 7.15. The molecule has 0 radical (unpaired) electrons. The molecule has 2 rings (SSSR count). The second-order valence-electron chi connectivity index (χ2n) is 4.87. The average Bonchev–Trinajstić information content (AvgIpc) is 2.91. The molecule has 4 heteroatoms. The second kappa shape index (κ2) is 7.43. The van der Waals surface area contributed by atoms with Gasteiger partial charge in [-0.2, -0.15) is 0 Å². The van der Waals surface area contributed by atoms with Crippen LogP contribution in [0.2, 0.25) is 0 Å². The monoisotopic (exact) mass is 284 g/mol. The number of nitrogens with zero attached hydrogens (tertiary/aromatic N) is 1. The van der Waals surface area contributed by atoms with E-state index in [0.717, 1.165) is 22.6 Å². The number of nitrogens with one attached hydrogen (secondary N) is 1. The van der Waals surface area contributed by atoms with Crippen molar-refractivity contribution in [2.45, 2.75) is 26.7 Å². The topological polar surface area (TPSA) is 55.1 Å². The van der Waals surface area contributed by atoms with Crippen LogP contribution in [0.3, 0.4) is 0 Å². The lowest BCUT2D eigenvalue weighted by atomic mass is 10.1. The Morgan fingerprint density at radius 3 is 2.71 bits per heavy atom. The van der Waals surface area contributed by atoms with Crippen LogP contribution in [0.5, 0.6) is 0 Å². The summed E-state index contributed by atoms with van der Waals surface area (Å²) in [5, 5.41) is 6.83. The van der Waals surface area contributed by atoms with Crippen LogP contribution >= 0.6 is 0 Å². The molecule has 0 aliphatic heterocycles. The van der Waals surface area contributed by atoms with E-state index in [2.05, 4.69) is 10.5 Å². The predicted molar refractivity (Wildman–Crippen MR) is 82.7 cm³/mol. The van der Waals surface area contributed by atoms with Crippen molar-refractivity contribution < 1.29 is 9.32 Å².